The number of hydrogen-bond acceptors (Lipinski definition) is 2. The van der Waals surface area contributed by atoms with Gasteiger partial charge in [0.15, 0.2) is 0 Å². The number of benzene rings is 2. The highest BCUT2D eigenvalue weighted by Gasteiger charge is 2.16. The summed E-state index contributed by atoms with van der Waals surface area (Å²) < 4.78 is 14.7. The maximum Gasteiger partial charge on any atom is 0.256 e. The molecule has 0 aromatic heterocycles. The summed E-state index contributed by atoms with van der Waals surface area (Å²) >= 11 is 7.49. The lowest BCUT2D eigenvalue weighted by Crippen LogP contribution is -2.27. The van der Waals surface area contributed by atoms with Gasteiger partial charge in [-0.2, -0.15) is 0 Å². The van der Waals surface area contributed by atoms with E-state index < -0.39 is 5.82 Å². The van der Waals surface area contributed by atoms with E-state index >= 15 is 0 Å². The van der Waals surface area contributed by atoms with Gasteiger partial charge in [-0.3, -0.25) is 4.79 Å². The van der Waals surface area contributed by atoms with Crippen LogP contribution in [-0.2, 0) is 6.54 Å². The average molecular weight is 354 g/mol. The lowest BCUT2D eigenvalue weighted by atomic mass is 10.1. The second-order valence-electron chi connectivity index (χ2n) is 4.45. The van der Waals surface area contributed by atoms with E-state index in [2.05, 4.69) is 28.6 Å². The van der Waals surface area contributed by atoms with Gasteiger partial charge < -0.3 is 4.90 Å². The molecule has 0 radical (unpaired) electrons. The van der Waals surface area contributed by atoms with Gasteiger partial charge in [0.2, 0.25) is 0 Å². The second kappa shape index (κ2) is 6.41. The van der Waals surface area contributed by atoms with Gasteiger partial charge in [0.25, 0.3) is 5.91 Å². The Morgan fingerprint density at radius 2 is 1.90 bits per heavy atom. The van der Waals surface area contributed by atoms with Crippen LogP contribution in [0.25, 0.3) is 0 Å². The van der Waals surface area contributed by atoms with Gasteiger partial charge in [-0.25, -0.2) is 4.39 Å². The van der Waals surface area contributed by atoms with Crippen LogP contribution in [0.5, 0.6) is 0 Å². The Hall–Kier alpha value is -1.33. The minimum absolute atomic E-state index is 0.0390. The first kappa shape index (κ1) is 15.1. The van der Waals surface area contributed by atoms with E-state index in [1.54, 1.807) is 7.05 Å². The molecular formula is C15H13BrFNOS. The van der Waals surface area contributed by atoms with Gasteiger partial charge >= 0.3 is 0 Å². The highest BCUT2D eigenvalue weighted by Crippen LogP contribution is 2.17. The molecule has 2 rings (SSSR count). The van der Waals surface area contributed by atoms with Crippen LogP contribution >= 0.6 is 28.6 Å². The Balaban J connectivity index is 2.16. The quantitative estimate of drug-likeness (QED) is 0.821. The number of amides is 1. The Labute approximate surface area is 131 Å². The highest BCUT2D eigenvalue weighted by molar-refractivity contribution is 9.10. The molecule has 0 saturated heterocycles. The standard InChI is InChI=1S/C15H13BrFNOS/c1-18(9-10-2-4-11(16)5-3-10)15(19)13-8-12(20)6-7-14(13)17/h2-8,20H,9H2,1H3. The molecular weight excluding hydrogens is 341 g/mol. The minimum atomic E-state index is -0.532. The van der Waals surface area contributed by atoms with Crippen molar-refractivity contribution >= 4 is 34.5 Å². The van der Waals surface area contributed by atoms with Gasteiger partial charge in [-0.1, -0.05) is 28.1 Å². The molecule has 104 valence electrons. The van der Waals surface area contributed by atoms with Crippen LogP contribution in [0.3, 0.4) is 0 Å². The molecule has 2 aromatic carbocycles. The topological polar surface area (TPSA) is 20.3 Å². The van der Waals surface area contributed by atoms with Crippen molar-refractivity contribution in [2.75, 3.05) is 7.05 Å². The van der Waals surface area contributed by atoms with Crippen molar-refractivity contribution in [3.63, 3.8) is 0 Å². The summed E-state index contributed by atoms with van der Waals surface area (Å²) in [7, 11) is 1.65. The molecule has 5 heteroatoms. The van der Waals surface area contributed by atoms with Crippen molar-refractivity contribution in [2.24, 2.45) is 0 Å². The fourth-order valence-corrected chi connectivity index (χ4v) is 2.29. The maximum atomic E-state index is 13.7. The molecule has 0 aliphatic carbocycles. The summed E-state index contributed by atoms with van der Waals surface area (Å²) in [6.45, 7) is 0.419. The average Bonchev–Trinajstić information content (AvgIpc) is 2.43. The molecule has 0 N–H and O–H groups in total. The first-order valence-corrected chi connectivity index (χ1v) is 7.20. The van der Waals surface area contributed by atoms with E-state index in [4.69, 9.17) is 0 Å². The summed E-state index contributed by atoms with van der Waals surface area (Å²) in [4.78, 5) is 14.3. The van der Waals surface area contributed by atoms with Crippen LogP contribution in [0.1, 0.15) is 15.9 Å². The molecule has 2 aromatic rings. The predicted molar refractivity (Wildman–Crippen MR) is 83.6 cm³/mol. The van der Waals surface area contributed by atoms with E-state index in [9.17, 15) is 9.18 Å². The second-order valence-corrected chi connectivity index (χ2v) is 5.88. The monoisotopic (exact) mass is 353 g/mol. The molecule has 1 amide bonds. The lowest BCUT2D eigenvalue weighted by Gasteiger charge is -2.18. The summed E-state index contributed by atoms with van der Waals surface area (Å²) in [6, 6.07) is 11.9. The molecule has 0 aliphatic heterocycles. The largest absolute Gasteiger partial charge is 0.337 e. The zero-order valence-electron chi connectivity index (χ0n) is 10.8. The third kappa shape index (κ3) is 3.61. The molecule has 2 nitrogen and oxygen atoms in total. The zero-order chi connectivity index (χ0) is 14.7. The predicted octanol–water partition coefficient (Wildman–Crippen LogP) is 4.15. The summed E-state index contributed by atoms with van der Waals surface area (Å²) in [5, 5.41) is 0. The number of rotatable bonds is 3. The molecule has 0 fully saturated rings. The van der Waals surface area contributed by atoms with Crippen LogP contribution < -0.4 is 0 Å². The number of thiol groups is 1. The normalized spacial score (nSPS) is 10.4. The molecule has 20 heavy (non-hydrogen) atoms. The van der Waals surface area contributed by atoms with Gasteiger partial charge in [0, 0.05) is 23.0 Å². The van der Waals surface area contributed by atoms with E-state index in [0.717, 1.165) is 10.0 Å². The van der Waals surface area contributed by atoms with Crippen molar-refractivity contribution in [3.05, 3.63) is 63.9 Å². The fraction of sp³-hybridized carbons (Fsp3) is 0.133. The third-order valence-electron chi connectivity index (χ3n) is 2.86. The first-order chi connectivity index (χ1) is 9.47. The zero-order valence-corrected chi connectivity index (χ0v) is 13.3. The summed E-state index contributed by atoms with van der Waals surface area (Å²) in [5.41, 5.74) is 1.02. The number of halogens is 2. The maximum absolute atomic E-state index is 13.7. The van der Waals surface area contributed by atoms with Gasteiger partial charge in [-0.15, -0.1) is 12.6 Å². The Morgan fingerprint density at radius 3 is 2.55 bits per heavy atom. The van der Waals surface area contributed by atoms with Crippen LogP contribution in [0.15, 0.2) is 51.8 Å². The van der Waals surface area contributed by atoms with E-state index in [-0.39, 0.29) is 11.5 Å². The van der Waals surface area contributed by atoms with Gasteiger partial charge in [0.1, 0.15) is 5.82 Å². The van der Waals surface area contributed by atoms with Crippen LogP contribution in [0, 0.1) is 5.82 Å². The van der Waals surface area contributed by atoms with Gasteiger partial charge in [0.05, 0.1) is 5.56 Å². The van der Waals surface area contributed by atoms with Gasteiger partial charge in [-0.05, 0) is 35.9 Å². The van der Waals surface area contributed by atoms with E-state index in [1.807, 2.05) is 24.3 Å². The molecule has 0 heterocycles. The SMILES string of the molecule is CN(Cc1ccc(Br)cc1)C(=O)c1cc(S)ccc1F. The molecule has 0 bridgehead atoms. The van der Waals surface area contributed by atoms with Crippen LogP contribution in [-0.4, -0.2) is 17.9 Å². The smallest absolute Gasteiger partial charge is 0.256 e. The lowest BCUT2D eigenvalue weighted by molar-refractivity contribution is 0.0780. The number of nitrogens with zero attached hydrogens (tertiary/aromatic N) is 1. The Bertz CT molecular complexity index is 630. The van der Waals surface area contributed by atoms with Crippen molar-refractivity contribution in [3.8, 4) is 0 Å². The van der Waals surface area contributed by atoms with E-state index in [0.29, 0.717) is 11.4 Å². The third-order valence-corrected chi connectivity index (χ3v) is 3.67. The van der Waals surface area contributed by atoms with Crippen molar-refractivity contribution < 1.29 is 9.18 Å². The van der Waals surface area contributed by atoms with Crippen molar-refractivity contribution in [2.45, 2.75) is 11.4 Å². The summed E-state index contributed by atoms with van der Waals surface area (Å²) in [5.74, 6) is -0.892. The fourth-order valence-electron chi connectivity index (χ4n) is 1.82. The molecule has 0 atom stereocenters. The minimum Gasteiger partial charge on any atom is -0.337 e. The molecule has 0 spiro atoms. The van der Waals surface area contributed by atoms with Crippen LogP contribution in [0.2, 0.25) is 0 Å². The van der Waals surface area contributed by atoms with Crippen molar-refractivity contribution in [1.82, 2.24) is 4.90 Å². The summed E-state index contributed by atoms with van der Waals surface area (Å²) in [6.07, 6.45) is 0. The Morgan fingerprint density at radius 1 is 1.25 bits per heavy atom. The highest BCUT2D eigenvalue weighted by atomic mass is 79.9. The first-order valence-electron chi connectivity index (χ1n) is 5.96. The van der Waals surface area contributed by atoms with Crippen molar-refractivity contribution in [1.29, 1.82) is 0 Å². The molecule has 0 aliphatic rings. The number of hydrogen-bond donors (Lipinski definition) is 1. The van der Waals surface area contributed by atoms with Crippen LogP contribution in [0.4, 0.5) is 4.39 Å². The Kier molecular flexibility index (Phi) is 4.83. The number of carbonyl (C=O) groups excluding carboxylic acids is 1. The molecule has 0 saturated carbocycles. The molecule has 0 unspecified atom stereocenters. The number of carbonyl (C=O) groups is 1. The van der Waals surface area contributed by atoms with E-state index in [1.165, 1.54) is 23.1 Å².